The SMILES string of the molecule is CC(C)(C)c1cc(C=Cc2ccc(NS(C)(=O)=O)cc2)cc(N2CCC(=O)NC2=O)c1. The number of hydrogen-bond donors (Lipinski definition) is 2. The monoisotopic (exact) mass is 441 g/mol. The van der Waals surface area contributed by atoms with Gasteiger partial charge in [-0.2, -0.15) is 0 Å². The van der Waals surface area contributed by atoms with Crippen LogP contribution in [-0.2, 0) is 20.2 Å². The van der Waals surface area contributed by atoms with E-state index in [9.17, 15) is 18.0 Å². The predicted molar refractivity (Wildman–Crippen MR) is 124 cm³/mol. The van der Waals surface area contributed by atoms with Crippen LogP contribution in [0.4, 0.5) is 16.2 Å². The van der Waals surface area contributed by atoms with Crippen molar-refractivity contribution < 1.29 is 18.0 Å². The van der Waals surface area contributed by atoms with E-state index in [0.717, 1.165) is 28.6 Å². The Labute approximate surface area is 183 Å². The van der Waals surface area contributed by atoms with Crippen LogP contribution in [-0.4, -0.2) is 33.2 Å². The third-order valence-electron chi connectivity index (χ3n) is 4.85. The number of nitrogens with one attached hydrogen (secondary N) is 2. The maximum Gasteiger partial charge on any atom is 0.328 e. The number of imide groups is 1. The van der Waals surface area contributed by atoms with Crippen LogP contribution in [0.3, 0.4) is 0 Å². The van der Waals surface area contributed by atoms with Crippen LogP contribution in [0.5, 0.6) is 0 Å². The molecule has 2 aromatic carbocycles. The summed E-state index contributed by atoms with van der Waals surface area (Å²) in [5.74, 6) is -0.262. The highest BCUT2D eigenvalue weighted by Gasteiger charge is 2.25. The van der Waals surface area contributed by atoms with Crippen molar-refractivity contribution in [1.82, 2.24) is 5.32 Å². The summed E-state index contributed by atoms with van der Waals surface area (Å²) in [6.45, 7) is 6.66. The molecule has 0 aromatic heterocycles. The van der Waals surface area contributed by atoms with E-state index < -0.39 is 16.1 Å². The number of hydrogen-bond acceptors (Lipinski definition) is 4. The fraction of sp³-hybridized carbons (Fsp3) is 0.304. The van der Waals surface area contributed by atoms with E-state index >= 15 is 0 Å². The molecule has 0 saturated carbocycles. The molecule has 0 radical (unpaired) electrons. The molecule has 3 amide bonds. The Morgan fingerprint density at radius 1 is 1.00 bits per heavy atom. The minimum absolute atomic E-state index is 0.125. The molecule has 8 heteroatoms. The summed E-state index contributed by atoms with van der Waals surface area (Å²) in [4.78, 5) is 25.4. The van der Waals surface area contributed by atoms with E-state index in [4.69, 9.17) is 0 Å². The van der Waals surface area contributed by atoms with Crippen LogP contribution in [0.15, 0.2) is 42.5 Å². The molecule has 31 heavy (non-hydrogen) atoms. The summed E-state index contributed by atoms with van der Waals surface area (Å²) < 4.78 is 25.1. The largest absolute Gasteiger partial charge is 0.328 e. The standard InChI is InChI=1S/C23H27N3O4S/c1-23(2,3)18-13-17(14-20(15-18)26-12-11-21(27)24-22(26)28)6-5-16-7-9-19(10-8-16)25-31(4,29)30/h5-10,13-15,25H,11-12H2,1-4H3,(H,24,27,28). The van der Waals surface area contributed by atoms with Gasteiger partial charge in [0.1, 0.15) is 0 Å². The predicted octanol–water partition coefficient (Wildman–Crippen LogP) is 3.97. The summed E-state index contributed by atoms with van der Waals surface area (Å²) in [6, 6.07) is 12.6. The van der Waals surface area contributed by atoms with E-state index in [-0.39, 0.29) is 17.7 Å². The summed E-state index contributed by atoms with van der Waals surface area (Å²) in [7, 11) is -3.31. The second-order valence-corrected chi connectivity index (χ2v) is 10.4. The molecule has 0 spiro atoms. The van der Waals surface area contributed by atoms with Crippen molar-refractivity contribution in [3.63, 3.8) is 0 Å². The van der Waals surface area contributed by atoms with E-state index in [2.05, 4.69) is 36.9 Å². The molecule has 1 heterocycles. The fourth-order valence-electron chi connectivity index (χ4n) is 3.20. The minimum Gasteiger partial charge on any atom is -0.294 e. The lowest BCUT2D eigenvalue weighted by Crippen LogP contribution is -2.49. The third-order valence-corrected chi connectivity index (χ3v) is 5.46. The Kier molecular flexibility index (Phi) is 6.22. The van der Waals surface area contributed by atoms with Gasteiger partial charge >= 0.3 is 6.03 Å². The van der Waals surface area contributed by atoms with Crippen molar-refractivity contribution in [1.29, 1.82) is 0 Å². The smallest absolute Gasteiger partial charge is 0.294 e. The highest BCUT2D eigenvalue weighted by Crippen LogP contribution is 2.30. The van der Waals surface area contributed by atoms with Crippen molar-refractivity contribution in [2.24, 2.45) is 0 Å². The molecule has 0 bridgehead atoms. The summed E-state index contributed by atoms with van der Waals surface area (Å²) >= 11 is 0. The number of rotatable bonds is 5. The number of carbonyl (C=O) groups is 2. The van der Waals surface area contributed by atoms with Crippen LogP contribution >= 0.6 is 0 Å². The number of anilines is 2. The van der Waals surface area contributed by atoms with Gasteiger partial charge in [-0.1, -0.05) is 51.1 Å². The van der Waals surface area contributed by atoms with Gasteiger partial charge in [0, 0.05) is 24.3 Å². The zero-order chi connectivity index (χ0) is 22.8. The molecule has 3 rings (SSSR count). The molecule has 164 valence electrons. The molecular formula is C23H27N3O4S. The first-order valence-electron chi connectivity index (χ1n) is 9.94. The number of urea groups is 1. The zero-order valence-electron chi connectivity index (χ0n) is 18.1. The van der Waals surface area contributed by atoms with Gasteiger partial charge in [0.05, 0.1) is 6.26 Å². The van der Waals surface area contributed by atoms with Gasteiger partial charge in [-0.25, -0.2) is 13.2 Å². The van der Waals surface area contributed by atoms with Crippen LogP contribution < -0.4 is 14.9 Å². The van der Waals surface area contributed by atoms with Gasteiger partial charge in [-0.15, -0.1) is 0 Å². The molecule has 2 N–H and O–H groups in total. The van der Waals surface area contributed by atoms with Crippen LogP contribution in [0.1, 0.15) is 43.9 Å². The van der Waals surface area contributed by atoms with Gasteiger partial charge in [-0.3, -0.25) is 19.7 Å². The Hall–Kier alpha value is -3.13. The summed E-state index contributed by atoms with van der Waals surface area (Å²) in [5.41, 5.74) is 4.02. The Balaban J connectivity index is 1.89. The fourth-order valence-corrected chi connectivity index (χ4v) is 3.76. The number of sulfonamides is 1. The molecule has 1 aliphatic heterocycles. The van der Waals surface area contributed by atoms with Crippen molar-refractivity contribution in [3.05, 3.63) is 59.2 Å². The molecule has 1 aliphatic rings. The summed E-state index contributed by atoms with van der Waals surface area (Å²) in [6.07, 6.45) is 5.25. The average Bonchev–Trinajstić information content (AvgIpc) is 2.65. The van der Waals surface area contributed by atoms with Gasteiger partial charge in [-0.05, 0) is 46.4 Å². The molecule has 1 saturated heterocycles. The molecule has 0 aliphatic carbocycles. The van der Waals surface area contributed by atoms with Crippen molar-refractivity contribution in [3.8, 4) is 0 Å². The van der Waals surface area contributed by atoms with Crippen LogP contribution in [0, 0.1) is 0 Å². The maximum atomic E-state index is 12.3. The Morgan fingerprint density at radius 3 is 2.23 bits per heavy atom. The molecular weight excluding hydrogens is 414 g/mol. The lowest BCUT2D eigenvalue weighted by Gasteiger charge is -2.29. The normalized spacial score (nSPS) is 15.3. The topological polar surface area (TPSA) is 95.6 Å². The van der Waals surface area contributed by atoms with E-state index in [1.807, 2.05) is 36.4 Å². The quantitative estimate of drug-likeness (QED) is 0.686. The number of amides is 3. The first-order chi connectivity index (χ1) is 14.4. The lowest BCUT2D eigenvalue weighted by atomic mass is 9.85. The van der Waals surface area contributed by atoms with E-state index in [1.165, 1.54) is 0 Å². The van der Waals surface area contributed by atoms with Gasteiger partial charge < -0.3 is 0 Å². The molecule has 7 nitrogen and oxygen atoms in total. The van der Waals surface area contributed by atoms with Crippen LogP contribution in [0.25, 0.3) is 12.2 Å². The van der Waals surface area contributed by atoms with Gasteiger partial charge in [0.2, 0.25) is 15.9 Å². The van der Waals surface area contributed by atoms with E-state index in [1.54, 1.807) is 17.0 Å². The molecule has 0 atom stereocenters. The number of benzene rings is 2. The molecule has 0 unspecified atom stereocenters. The van der Waals surface area contributed by atoms with Gasteiger partial charge in [0.25, 0.3) is 0 Å². The van der Waals surface area contributed by atoms with Crippen molar-refractivity contribution in [2.75, 3.05) is 22.4 Å². The van der Waals surface area contributed by atoms with Gasteiger partial charge in [0.15, 0.2) is 0 Å². The van der Waals surface area contributed by atoms with Crippen molar-refractivity contribution >= 4 is 45.5 Å². The second-order valence-electron chi connectivity index (χ2n) is 8.65. The zero-order valence-corrected chi connectivity index (χ0v) is 18.9. The molecule has 2 aromatic rings. The Bertz CT molecular complexity index is 1130. The van der Waals surface area contributed by atoms with Crippen LogP contribution in [0.2, 0.25) is 0 Å². The maximum absolute atomic E-state index is 12.3. The average molecular weight is 442 g/mol. The number of carbonyl (C=O) groups excluding carboxylic acids is 2. The molecule has 1 fully saturated rings. The minimum atomic E-state index is -3.31. The first-order valence-corrected chi connectivity index (χ1v) is 11.8. The first kappa shape index (κ1) is 22.6. The highest BCUT2D eigenvalue weighted by atomic mass is 32.2. The lowest BCUT2D eigenvalue weighted by molar-refractivity contribution is -0.120. The van der Waals surface area contributed by atoms with E-state index in [0.29, 0.717) is 12.2 Å². The highest BCUT2D eigenvalue weighted by molar-refractivity contribution is 7.92. The Morgan fingerprint density at radius 2 is 1.65 bits per heavy atom. The second kappa shape index (κ2) is 8.55. The number of nitrogens with zero attached hydrogens (tertiary/aromatic N) is 1. The van der Waals surface area contributed by atoms with Crippen molar-refractivity contribution in [2.45, 2.75) is 32.6 Å². The third kappa shape index (κ3) is 6.18. The summed E-state index contributed by atoms with van der Waals surface area (Å²) in [5, 5.41) is 2.37.